The van der Waals surface area contributed by atoms with Crippen molar-refractivity contribution >= 4 is 28.8 Å². The summed E-state index contributed by atoms with van der Waals surface area (Å²) in [7, 11) is 0. The first kappa shape index (κ1) is 13.6. The summed E-state index contributed by atoms with van der Waals surface area (Å²) in [6.45, 7) is 3.68. The largest absolute Gasteiger partial charge is 0.393 e. The van der Waals surface area contributed by atoms with E-state index in [4.69, 9.17) is 18.0 Å². The predicted molar refractivity (Wildman–Crippen MR) is 70.1 cm³/mol. The van der Waals surface area contributed by atoms with Crippen molar-refractivity contribution in [3.63, 3.8) is 0 Å². The fourth-order valence-corrected chi connectivity index (χ4v) is 1.91. The third-order valence-electron chi connectivity index (χ3n) is 2.39. The highest BCUT2D eigenvalue weighted by Gasteiger charge is 2.25. The summed E-state index contributed by atoms with van der Waals surface area (Å²) in [6, 6.07) is 5.97. The van der Waals surface area contributed by atoms with E-state index in [9.17, 15) is 9.18 Å². The smallest absolute Gasteiger partial charge is 0.234 e. The van der Waals surface area contributed by atoms with E-state index in [-0.39, 0.29) is 22.5 Å². The van der Waals surface area contributed by atoms with Crippen molar-refractivity contribution in [3.8, 4) is 0 Å². The van der Waals surface area contributed by atoms with E-state index < -0.39 is 11.7 Å². The predicted octanol–water partition coefficient (Wildman–Crippen LogP) is 2.32. The molecule has 1 rings (SSSR count). The SMILES string of the molecule is CC(C)C(C(=O)Nc1ccccc1F)C(N)=S. The number of anilines is 1. The molecular weight excluding hydrogens is 239 g/mol. The van der Waals surface area contributed by atoms with Crippen molar-refractivity contribution in [2.75, 3.05) is 5.32 Å². The Labute approximate surface area is 105 Å². The molecular formula is C12H15FN2OS. The van der Waals surface area contributed by atoms with Crippen LogP contribution in [0.2, 0.25) is 0 Å². The van der Waals surface area contributed by atoms with Crippen molar-refractivity contribution < 1.29 is 9.18 Å². The van der Waals surface area contributed by atoms with Crippen LogP contribution >= 0.6 is 12.2 Å². The fraction of sp³-hybridized carbons (Fsp3) is 0.333. The van der Waals surface area contributed by atoms with Crippen LogP contribution in [-0.2, 0) is 4.79 Å². The number of benzene rings is 1. The average Bonchev–Trinajstić information content (AvgIpc) is 2.20. The molecule has 92 valence electrons. The molecule has 1 aromatic carbocycles. The number of hydrogen-bond acceptors (Lipinski definition) is 2. The molecule has 0 saturated carbocycles. The molecule has 0 aliphatic rings. The van der Waals surface area contributed by atoms with E-state index in [1.54, 1.807) is 12.1 Å². The minimum Gasteiger partial charge on any atom is -0.393 e. The topological polar surface area (TPSA) is 55.1 Å². The monoisotopic (exact) mass is 254 g/mol. The molecule has 5 heteroatoms. The third-order valence-corrected chi connectivity index (χ3v) is 2.64. The van der Waals surface area contributed by atoms with Crippen molar-refractivity contribution in [2.45, 2.75) is 13.8 Å². The second kappa shape index (κ2) is 5.72. The molecule has 1 amide bonds. The van der Waals surface area contributed by atoms with Crippen LogP contribution in [0.1, 0.15) is 13.8 Å². The van der Waals surface area contributed by atoms with Gasteiger partial charge in [0, 0.05) is 0 Å². The third kappa shape index (κ3) is 3.49. The number of carbonyl (C=O) groups is 1. The number of halogens is 1. The molecule has 0 aromatic heterocycles. The molecule has 1 aromatic rings. The lowest BCUT2D eigenvalue weighted by Gasteiger charge is -2.18. The van der Waals surface area contributed by atoms with E-state index in [0.29, 0.717) is 0 Å². The molecule has 17 heavy (non-hydrogen) atoms. The number of carbonyl (C=O) groups excluding carboxylic acids is 1. The van der Waals surface area contributed by atoms with Gasteiger partial charge in [0.15, 0.2) is 0 Å². The van der Waals surface area contributed by atoms with E-state index in [2.05, 4.69) is 5.32 Å². The maximum Gasteiger partial charge on any atom is 0.234 e. The van der Waals surface area contributed by atoms with Crippen molar-refractivity contribution in [3.05, 3.63) is 30.1 Å². The Kier molecular flexibility index (Phi) is 4.57. The minimum atomic E-state index is -0.593. The summed E-state index contributed by atoms with van der Waals surface area (Å²) in [5.74, 6) is -1.48. The van der Waals surface area contributed by atoms with Gasteiger partial charge in [-0.25, -0.2) is 4.39 Å². The summed E-state index contributed by atoms with van der Waals surface area (Å²) >= 11 is 4.84. The van der Waals surface area contributed by atoms with Crippen LogP contribution in [0, 0.1) is 17.7 Å². The molecule has 0 fully saturated rings. The van der Waals surface area contributed by atoms with Crippen molar-refractivity contribution in [1.82, 2.24) is 0 Å². The Bertz CT molecular complexity index is 434. The quantitative estimate of drug-likeness (QED) is 0.811. The van der Waals surface area contributed by atoms with Crippen LogP contribution in [0.4, 0.5) is 10.1 Å². The van der Waals surface area contributed by atoms with Gasteiger partial charge >= 0.3 is 0 Å². The fourth-order valence-electron chi connectivity index (χ4n) is 1.53. The molecule has 1 atom stereocenters. The van der Waals surface area contributed by atoms with Crippen LogP contribution < -0.4 is 11.1 Å². The number of rotatable bonds is 4. The zero-order valence-electron chi connectivity index (χ0n) is 9.74. The molecule has 0 aliphatic heterocycles. The first-order valence-corrected chi connectivity index (χ1v) is 5.69. The van der Waals surface area contributed by atoms with Crippen LogP contribution in [-0.4, -0.2) is 10.9 Å². The first-order chi connectivity index (χ1) is 7.93. The van der Waals surface area contributed by atoms with Crippen molar-refractivity contribution in [2.24, 2.45) is 17.6 Å². The average molecular weight is 254 g/mol. The Morgan fingerprint density at radius 1 is 1.41 bits per heavy atom. The van der Waals surface area contributed by atoms with Crippen LogP contribution in [0.25, 0.3) is 0 Å². The van der Waals surface area contributed by atoms with E-state index in [0.717, 1.165) is 0 Å². The number of amides is 1. The molecule has 3 nitrogen and oxygen atoms in total. The zero-order chi connectivity index (χ0) is 13.0. The van der Waals surface area contributed by atoms with Gasteiger partial charge in [-0.1, -0.05) is 38.2 Å². The summed E-state index contributed by atoms with van der Waals surface area (Å²) in [6.07, 6.45) is 0. The van der Waals surface area contributed by atoms with E-state index >= 15 is 0 Å². The maximum atomic E-state index is 13.3. The molecule has 0 heterocycles. The number of nitrogens with two attached hydrogens (primary N) is 1. The maximum absolute atomic E-state index is 13.3. The van der Waals surface area contributed by atoms with E-state index in [1.807, 2.05) is 13.8 Å². The van der Waals surface area contributed by atoms with Gasteiger partial charge in [0.1, 0.15) is 5.82 Å². The van der Waals surface area contributed by atoms with Gasteiger partial charge in [-0.05, 0) is 18.1 Å². The number of thiocarbonyl (C=S) groups is 1. The molecule has 0 saturated heterocycles. The number of hydrogen-bond donors (Lipinski definition) is 2. The van der Waals surface area contributed by atoms with Gasteiger partial charge in [-0.15, -0.1) is 0 Å². The van der Waals surface area contributed by atoms with Gasteiger partial charge in [0.2, 0.25) is 5.91 Å². The molecule has 1 unspecified atom stereocenters. The lowest BCUT2D eigenvalue weighted by molar-refractivity contribution is -0.118. The molecule has 0 bridgehead atoms. The van der Waals surface area contributed by atoms with E-state index in [1.165, 1.54) is 12.1 Å². The summed E-state index contributed by atoms with van der Waals surface area (Å²) < 4.78 is 13.3. The van der Waals surface area contributed by atoms with Gasteiger partial charge < -0.3 is 11.1 Å². The van der Waals surface area contributed by atoms with Gasteiger partial charge in [0.25, 0.3) is 0 Å². The van der Waals surface area contributed by atoms with Gasteiger partial charge in [-0.2, -0.15) is 0 Å². The highest BCUT2D eigenvalue weighted by atomic mass is 32.1. The van der Waals surface area contributed by atoms with Gasteiger partial charge in [-0.3, -0.25) is 4.79 Å². The standard InChI is InChI=1S/C12H15FN2OS/c1-7(2)10(11(14)17)12(16)15-9-6-4-3-5-8(9)13/h3-7,10H,1-2H3,(H2,14,17)(H,15,16). The Morgan fingerprint density at radius 2 is 2.00 bits per heavy atom. The van der Waals surface area contributed by atoms with Crippen molar-refractivity contribution in [1.29, 1.82) is 0 Å². The van der Waals surface area contributed by atoms with Gasteiger partial charge in [0.05, 0.1) is 16.6 Å². The summed E-state index contributed by atoms with van der Waals surface area (Å²) in [5, 5.41) is 2.49. The molecule has 0 radical (unpaired) electrons. The normalized spacial score (nSPS) is 12.2. The zero-order valence-corrected chi connectivity index (χ0v) is 10.6. The Morgan fingerprint density at radius 3 is 2.47 bits per heavy atom. The first-order valence-electron chi connectivity index (χ1n) is 5.28. The minimum absolute atomic E-state index is 0.0285. The Balaban J connectivity index is 2.85. The Hall–Kier alpha value is -1.49. The highest BCUT2D eigenvalue weighted by molar-refractivity contribution is 7.80. The number of para-hydroxylation sites is 1. The second-order valence-corrected chi connectivity index (χ2v) is 4.56. The summed E-state index contributed by atoms with van der Waals surface area (Å²) in [4.78, 5) is 12.0. The molecule has 0 aliphatic carbocycles. The van der Waals surface area contributed by atoms with Crippen LogP contribution in [0.15, 0.2) is 24.3 Å². The number of nitrogens with one attached hydrogen (secondary N) is 1. The molecule has 0 spiro atoms. The highest BCUT2D eigenvalue weighted by Crippen LogP contribution is 2.17. The summed E-state index contributed by atoms with van der Waals surface area (Å²) in [5.41, 5.74) is 5.65. The van der Waals surface area contributed by atoms with Crippen LogP contribution in [0.5, 0.6) is 0 Å². The lowest BCUT2D eigenvalue weighted by Crippen LogP contribution is -2.36. The van der Waals surface area contributed by atoms with Crippen LogP contribution in [0.3, 0.4) is 0 Å². The molecule has 3 N–H and O–H groups in total. The second-order valence-electron chi connectivity index (χ2n) is 4.09. The lowest BCUT2D eigenvalue weighted by atomic mass is 9.95.